The van der Waals surface area contributed by atoms with E-state index in [0.29, 0.717) is 0 Å². The van der Waals surface area contributed by atoms with Crippen LogP contribution in [0.5, 0.6) is 0 Å². The van der Waals surface area contributed by atoms with Crippen LogP contribution in [0.1, 0.15) is 39.5 Å². The normalized spacial score (nSPS) is 12.6. The summed E-state index contributed by atoms with van der Waals surface area (Å²) in [5, 5.41) is 2.82. The smallest absolute Gasteiger partial charge is 0.235 e. The minimum atomic E-state index is -0.0688. The van der Waals surface area contributed by atoms with Gasteiger partial charge < -0.3 is 5.32 Å². The summed E-state index contributed by atoms with van der Waals surface area (Å²) in [6, 6.07) is 0.266. The number of hydrogen-bond donors (Lipinski definition) is 1. The van der Waals surface area contributed by atoms with Gasteiger partial charge in [0.05, 0.1) is 0 Å². The summed E-state index contributed by atoms with van der Waals surface area (Å²) in [5.74, 6) is -0.00125. The van der Waals surface area contributed by atoms with Crippen LogP contribution in [0, 0.1) is 0 Å². The van der Waals surface area contributed by atoms with Gasteiger partial charge in [-0.05, 0) is 13.3 Å². The first-order valence-electron chi connectivity index (χ1n) is 4.56. The average molecular weight is 192 g/mol. The van der Waals surface area contributed by atoms with Gasteiger partial charge in [-0.2, -0.15) is 0 Å². The fraction of sp³-hybridized carbons (Fsp3) is 0.889. The quantitative estimate of drug-likeness (QED) is 0.507. The first-order chi connectivity index (χ1) is 5.70. The minimum Gasteiger partial charge on any atom is -0.353 e. The van der Waals surface area contributed by atoms with E-state index in [9.17, 15) is 4.79 Å². The maximum atomic E-state index is 10.8. The fourth-order valence-corrected chi connectivity index (χ4v) is 1.16. The Balaban J connectivity index is 3.32. The summed E-state index contributed by atoms with van der Waals surface area (Å²) < 4.78 is 0. The van der Waals surface area contributed by atoms with Crippen LogP contribution in [0.15, 0.2) is 0 Å². The maximum absolute atomic E-state index is 10.8. The zero-order valence-corrected chi connectivity index (χ0v) is 8.66. The van der Waals surface area contributed by atoms with Gasteiger partial charge >= 0.3 is 0 Å². The van der Waals surface area contributed by atoms with Crippen LogP contribution in [0.3, 0.4) is 0 Å². The van der Waals surface area contributed by atoms with E-state index in [1.807, 2.05) is 6.92 Å². The predicted octanol–water partition coefficient (Wildman–Crippen LogP) is 2.31. The molecule has 1 atom stereocenters. The first kappa shape index (κ1) is 11.8. The zero-order chi connectivity index (χ0) is 9.40. The molecule has 0 rings (SSSR count). The third-order valence-corrected chi connectivity index (χ3v) is 2.01. The third-order valence-electron chi connectivity index (χ3n) is 1.77. The van der Waals surface area contributed by atoms with Gasteiger partial charge in [-0.1, -0.05) is 26.2 Å². The van der Waals surface area contributed by atoms with Gasteiger partial charge in [0.2, 0.25) is 5.91 Å². The molecule has 0 unspecified atom stereocenters. The summed E-state index contributed by atoms with van der Waals surface area (Å²) in [6.45, 7) is 4.18. The molecule has 1 amide bonds. The van der Waals surface area contributed by atoms with Crippen molar-refractivity contribution < 1.29 is 4.79 Å². The van der Waals surface area contributed by atoms with E-state index in [2.05, 4.69) is 12.2 Å². The minimum absolute atomic E-state index is 0.0676. The topological polar surface area (TPSA) is 29.1 Å². The van der Waals surface area contributed by atoms with Crippen molar-refractivity contribution in [1.29, 1.82) is 0 Å². The van der Waals surface area contributed by atoms with Gasteiger partial charge in [-0.15, -0.1) is 11.6 Å². The SMILES string of the molecule is CCCCC[C@@H](C)NC(=O)CCl. The number of amides is 1. The van der Waals surface area contributed by atoms with Crippen LogP contribution in [0.25, 0.3) is 0 Å². The molecule has 0 radical (unpaired) electrons. The lowest BCUT2D eigenvalue weighted by Gasteiger charge is -2.11. The second-order valence-electron chi connectivity index (χ2n) is 3.10. The molecule has 0 bridgehead atoms. The molecule has 72 valence electrons. The Morgan fingerprint density at radius 2 is 2.17 bits per heavy atom. The van der Waals surface area contributed by atoms with E-state index in [4.69, 9.17) is 11.6 Å². The number of carbonyl (C=O) groups excluding carboxylic acids is 1. The van der Waals surface area contributed by atoms with Crippen LogP contribution in [0.4, 0.5) is 0 Å². The van der Waals surface area contributed by atoms with Gasteiger partial charge in [0.1, 0.15) is 5.88 Å². The van der Waals surface area contributed by atoms with Crippen molar-refractivity contribution in [3.8, 4) is 0 Å². The number of halogens is 1. The molecule has 0 fully saturated rings. The second-order valence-corrected chi connectivity index (χ2v) is 3.37. The van der Waals surface area contributed by atoms with Crippen molar-refractivity contribution in [3.05, 3.63) is 0 Å². The van der Waals surface area contributed by atoms with E-state index in [1.165, 1.54) is 19.3 Å². The van der Waals surface area contributed by atoms with Gasteiger partial charge in [-0.25, -0.2) is 0 Å². The molecule has 0 aromatic heterocycles. The Kier molecular flexibility index (Phi) is 7.26. The summed E-state index contributed by atoms with van der Waals surface area (Å²) in [4.78, 5) is 10.8. The molecule has 0 aromatic carbocycles. The van der Waals surface area contributed by atoms with E-state index < -0.39 is 0 Å². The molecule has 3 heteroatoms. The molecule has 0 heterocycles. The molecule has 0 aliphatic heterocycles. The van der Waals surface area contributed by atoms with E-state index in [0.717, 1.165) is 6.42 Å². The van der Waals surface area contributed by atoms with E-state index in [1.54, 1.807) is 0 Å². The van der Waals surface area contributed by atoms with Crippen LogP contribution < -0.4 is 5.32 Å². The molecule has 0 saturated carbocycles. The molecule has 0 aliphatic carbocycles. The number of alkyl halides is 1. The van der Waals surface area contributed by atoms with Crippen LogP contribution in [-0.2, 0) is 4.79 Å². The second kappa shape index (κ2) is 7.41. The Hall–Kier alpha value is -0.240. The van der Waals surface area contributed by atoms with Gasteiger partial charge in [0.25, 0.3) is 0 Å². The van der Waals surface area contributed by atoms with Crippen molar-refractivity contribution in [2.45, 2.75) is 45.6 Å². The number of unbranched alkanes of at least 4 members (excludes halogenated alkanes) is 2. The molecular weight excluding hydrogens is 174 g/mol. The van der Waals surface area contributed by atoms with Crippen LogP contribution in [-0.4, -0.2) is 17.8 Å². The van der Waals surface area contributed by atoms with Gasteiger partial charge in [0.15, 0.2) is 0 Å². The summed E-state index contributed by atoms with van der Waals surface area (Å²) in [7, 11) is 0. The van der Waals surface area contributed by atoms with Crippen molar-refractivity contribution in [2.75, 3.05) is 5.88 Å². The Morgan fingerprint density at radius 3 is 2.67 bits per heavy atom. The Labute approximate surface area is 79.7 Å². The molecule has 0 spiro atoms. The van der Waals surface area contributed by atoms with Crippen LogP contribution >= 0.6 is 11.6 Å². The van der Waals surface area contributed by atoms with Crippen LogP contribution in [0.2, 0.25) is 0 Å². The lowest BCUT2D eigenvalue weighted by Crippen LogP contribution is -2.33. The van der Waals surface area contributed by atoms with Crippen molar-refractivity contribution >= 4 is 17.5 Å². The third kappa shape index (κ3) is 6.47. The maximum Gasteiger partial charge on any atom is 0.235 e. The molecule has 0 aliphatic rings. The molecule has 12 heavy (non-hydrogen) atoms. The summed E-state index contributed by atoms with van der Waals surface area (Å²) >= 11 is 5.35. The number of hydrogen-bond acceptors (Lipinski definition) is 1. The Morgan fingerprint density at radius 1 is 1.50 bits per heavy atom. The highest BCUT2D eigenvalue weighted by atomic mass is 35.5. The standard InChI is InChI=1S/C9H18ClNO/c1-3-4-5-6-8(2)11-9(12)7-10/h8H,3-7H2,1-2H3,(H,11,12)/t8-/m1/s1. The number of nitrogens with one attached hydrogen (secondary N) is 1. The summed E-state index contributed by atoms with van der Waals surface area (Å²) in [5.41, 5.74) is 0. The van der Waals surface area contributed by atoms with E-state index in [-0.39, 0.29) is 17.8 Å². The molecule has 2 nitrogen and oxygen atoms in total. The first-order valence-corrected chi connectivity index (χ1v) is 5.09. The van der Waals surface area contributed by atoms with Crippen molar-refractivity contribution in [1.82, 2.24) is 5.32 Å². The monoisotopic (exact) mass is 191 g/mol. The van der Waals surface area contributed by atoms with Gasteiger partial charge in [-0.3, -0.25) is 4.79 Å². The highest BCUT2D eigenvalue weighted by molar-refractivity contribution is 6.27. The molecule has 1 N–H and O–H groups in total. The lowest BCUT2D eigenvalue weighted by atomic mass is 10.1. The Bertz CT molecular complexity index is 128. The van der Waals surface area contributed by atoms with Gasteiger partial charge in [0, 0.05) is 6.04 Å². The highest BCUT2D eigenvalue weighted by Gasteiger charge is 2.04. The predicted molar refractivity (Wildman–Crippen MR) is 52.5 cm³/mol. The number of carbonyl (C=O) groups is 1. The largest absolute Gasteiger partial charge is 0.353 e. The van der Waals surface area contributed by atoms with Crippen molar-refractivity contribution in [3.63, 3.8) is 0 Å². The van der Waals surface area contributed by atoms with Crippen molar-refractivity contribution in [2.24, 2.45) is 0 Å². The number of rotatable bonds is 6. The average Bonchev–Trinajstić information content (AvgIpc) is 2.05. The fourth-order valence-electron chi connectivity index (χ4n) is 1.09. The van der Waals surface area contributed by atoms with E-state index >= 15 is 0 Å². The zero-order valence-electron chi connectivity index (χ0n) is 7.90. The highest BCUT2D eigenvalue weighted by Crippen LogP contribution is 2.02. The summed E-state index contributed by atoms with van der Waals surface area (Å²) in [6.07, 6.45) is 4.69. The molecule has 0 aromatic rings. The molecule has 0 saturated heterocycles. The lowest BCUT2D eigenvalue weighted by molar-refractivity contribution is -0.119. The molecular formula is C9H18ClNO.